The van der Waals surface area contributed by atoms with Crippen LogP contribution in [0.15, 0.2) is 34.3 Å². The monoisotopic (exact) mass is 431 g/mol. The molecule has 0 unspecified atom stereocenters. The van der Waals surface area contributed by atoms with Crippen LogP contribution in [-0.4, -0.2) is 22.4 Å². The topological polar surface area (TPSA) is 54.9 Å². The van der Waals surface area contributed by atoms with Crippen LogP contribution in [0.4, 0.5) is 0 Å². The molecule has 0 aliphatic heterocycles. The number of aryl methyl sites for hydroxylation is 2. The van der Waals surface area contributed by atoms with Crippen LogP contribution in [0.5, 0.6) is 0 Å². The van der Waals surface area contributed by atoms with E-state index < -0.39 is 0 Å². The molecule has 27 heavy (non-hydrogen) atoms. The minimum Gasteiger partial charge on any atom is -0.351 e. The van der Waals surface area contributed by atoms with Crippen molar-refractivity contribution in [2.45, 2.75) is 20.3 Å². The lowest BCUT2D eigenvalue weighted by Gasteiger charge is -2.02. The fourth-order valence-electron chi connectivity index (χ4n) is 2.62. The molecule has 1 amide bonds. The summed E-state index contributed by atoms with van der Waals surface area (Å²) in [5.74, 6) is -0.0432. The molecule has 0 bridgehead atoms. The lowest BCUT2D eigenvalue weighted by Crippen LogP contribution is -2.25. The zero-order valence-electron chi connectivity index (χ0n) is 14.8. The van der Waals surface area contributed by atoms with Crippen LogP contribution in [0.25, 0.3) is 21.1 Å². The maximum atomic E-state index is 12.5. The molecule has 0 aliphatic rings. The quantitative estimate of drug-likeness (QED) is 0.429. The van der Waals surface area contributed by atoms with Gasteiger partial charge in [-0.2, -0.15) is 11.3 Å². The average molecular weight is 432 g/mol. The molecule has 4 aromatic rings. The minimum atomic E-state index is -0.0432. The van der Waals surface area contributed by atoms with Gasteiger partial charge in [0.15, 0.2) is 0 Å². The third kappa shape index (κ3) is 4.19. The van der Waals surface area contributed by atoms with Gasteiger partial charge in [-0.05, 0) is 43.8 Å². The van der Waals surface area contributed by atoms with Gasteiger partial charge >= 0.3 is 0 Å². The van der Waals surface area contributed by atoms with E-state index in [2.05, 4.69) is 38.2 Å². The summed E-state index contributed by atoms with van der Waals surface area (Å²) in [5.41, 5.74) is 2.91. The van der Waals surface area contributed by atoms with Gasteiger partial charge in [-0.25, -0.2) is 9.97 Å². The predicted molar refractivity (Wildman–Crippen MR) is 116 cm³/mol. The van der Waals surface area contributed by atoms with Crippen molar-refractivity contribution in [2.24, 2.45) is 0 Å². The molecule has 4 aromatic heterocycles. The van der Waals surface area contributed by atoms with Gasteiger partial charge in [-0.1, -0.05) is 0 Å². The van der Waals surface area contributed by atoms with Gasteiger partial charge in [0.2, 0.25) is 0 Å². The number of hydrogen-bond donors (Lipinski definition) is 1. The smallest absolute Gasteiger partial charge is 0.263 e. The summed E-state index contributed by atoms with van der Waals surface area (Å²) in [6.45, 7) is 4.52. The molecule has 4 rings (SSSR count). The maximum Gasteiger partial charge on any atom is 0.263 e. The van der Waals surface area contributed by atoms with Crippen molar-refractivity contribution in [3.8, 4) is 21.1 Å². The molecule has 4 nitrogen and oxygen atoms in total. The van der Waals surface area contributed by atoms with Crippen molar-refractivity contribution in [1.82, 2.24) is 15.3 Å². The Balaban J connectivity index is 1.36. The van der Waals surface area contributed by atoms with E-state index in [1.54, 1.807) is 34.0 Å². The summed E-state index contributed by atoms with van der Waals surface area (Å²) in [7, 11) is 0. The summed E-state index contributed by atoms with van der Waals surface area (Å²) in [6.07, 6.45) is 0.814. The van der Waals surface area contributed by atoms with Crippen LogP contribution in [0.1, 0.15) is 25.3 Å². The number of thiophene rings is 2. The van der Waals surface area contributed by atoms with Gasteiger partial charge in [0.25, 0.3) is 5.91 Å². The molecular formula is C19H17N3OS4. The molecular weight excluding hydrogens is 414 g/mol. The number of carbonyl (C=O) groups excluding carboxylic acids is 1. The van der Waals surface area contributed by atoms with Gasteiger partial charge < -0.3 is 5.32 Å². The SMILES string of the molecule is Cc1nc(-c2ccc(CCNC(=O)c3sc(-c4ccsc4)nc3C)s2)cs1. The fraction of sp³-hybridized carbons (Fsp3) is 0.211. The molecule has 1 N–H and O–H groups in total. The number of nitrogens with zero attached hydrogens (tertiary/aromatic N) is 2. The van der Waals surface area contributed by atoms with Crippen molar-refractivity contribution < 1.29 is 4.79 Å². The number of thiazole rings is 2. The van der Waals surface area contributed by atoms with Crippen molar-refractivity contribution in [1.29, 1.82) is 0 Å². The Kier molecular flexibility index (Phi) is 5.49. The third-order valence-corrected chi connectivity index (χ3v) is 7.79. The van der Waals surface area contributed by atoms with Gasteiger partial charge in [0.05, 0.1) is 21.3 Å². The number of aromatic nitrogens is 2. The van der Waals surface area contributed by atoms with Crippen LogP contribution in [0.2, 0.25) is 0 Å². The summed E-state index contributed by atoms with van der Waals surface area (Å²) in [4.78, 5) is 24.7. The van der Waals surface area contributed by atoms with E-state index in [-0.39, 0.29) is 5.91 Å². The van der Waals surface area contributed by atoms with E-state index in [1.807, 2.05) is 25.3 Å². The molecule has 0 aliphatic carbocycles. The molecule has 0 atom stereocenters. The number of carbonyl (C=O) groups is 1. The van der Waals surface area contributed by atoms with Gasteiger partial charge in [0, 0.05) is 27.7 Å². The molecule has 138 valence electrons. The Morgan fingerprint density at radius 1 is 1.11 bits per heavy atom. The van der Waals surface area contributed by atoms with Crippen molar-refractivity contribution >= 4 is 51.3 Å². The highest BCUT2D eigenvalue weighted by molar-refractivity contribution is 7.17. The normalized spacial score (nSPS) is 11.0. The van der Waals surface area contributed by atoms with Gasteiger partial charge in [0.1, 0.15) is 9.88 Å². The molecule has 0 aromatic carbocycles. The molecule has 0 fully saturated rings. The molecule has 8 heteroatoms. The van der Waals surface area contributed by atoms with E-state index in [1.165, 1.54) is 21.1 Å². The molecule has 0 spiro atoms. The van der Waals surface area contributed by atoms with Gasteiger partial charge in [-0.3, -0.25) is 4.79 Å². The summed E-state index contributed by atoms with van der Waals surface area (Å²) >= 11 is 6.49. The first-order chi connectivity index (χ1) is 13.1. The molecule has 4 heterocycles. The Labute approximate surface area is 173 Å². The van der Waals surface area contributed by atoms with Gasteiger partial charge in [-0.15, -0.1) is 34.0 Å². The van der Waals surface area contributed by atoms with Crippen molar-refractivity contribution in [3.63, 3.8) is 0 Å². The Bertz CT molecular complexity index is 1060. The first kappa shape index (κ1) is 18.5. The Hall–Kier alpha value is -1.87. The largest absolute Gasteiger partial charge is 0.351 e. The van der Waals surface area contributed by atoms with E-state index in [9.17, 15) is 4.79 Å². The minimum absolute atomic E-state index is 0.0432. The highest BCUT2D eigenvalue weighted by Crippen LogP contribution is 2.30. The highest BCUT2D eigenvalue weighted by Gasteiger charge is 2.16. The van der Waals surface area contributed by atoms with Crippen LogP contribution < -0.4 is 5.32 Å². The third-order valence-electron chi connectivity index (χ3n) is 3.96. The van der Waals surface area contributed by atoms with Crippen molar-refractivity contribution in [3.05, 3.63) is 54.8 Å². The highest BCUT2D eigenvalue weighted by atomic mass is 32.1. The molecule has 0 saturated heterocycles. The molecule has 0 radical (unpaired) electrons. The van der Waals surface area contributed by atoms with E-state index in [0.29, 0.717) is 11.4 Å². The number of amides is 1. The summed E-state index contributed by atoms with van der Waals surface area (Å²) in [5, 5.41) is 11.2. The number of hydrogen-bond acceptors (Lipinski definition) is 7. The second-order valence-electron chi connectivity index (χ2n) is 5.97. The standard InChI is InChI=1S/C19H17N3OS4/c1-11-17(27-19(21-11)13-6-8-24-9-13)18(23)20-7-5-14-3-4-16(26-14)15-10-25-12(2)22-15/h3-4,6,8-10H,5,7H2,1-2H3,(H,20,23). The fourth-order valence-corrected chi connectivity index (χ4v) is 5.97. The zero-order chi connectivity index (χ0) is 18.8. The van der Waals surface area contributed by atoms with Crippen LogP contribution >= 0.6 is 45.3 Å². The number of rotatable bonds is 6. The second kappa shape index (κ2) is 8.02. The van der Waals surface area contributed by atoms with Crippen LogP contribution in [-0.2, 0) is 6.42 Å². The first-order valence-electron chi connectivity index (χ1n) is 8.39. The summed E-state index contributed by atoms with van der Waals surface area (Å²) < 4.78 is 0. The summed E-state index contributed by atoms with van der Waals surface area (Å²) in [6, 6.07) is 6.26. The van der Waals surface area contributed by atoms with Crippen LogP contribution in [0, 0.1) is 13.8 Å². The lowest BCUT2D eigenvalue weighted by atomic mass is 10.3. The Morgan fingerprint density at radius 3 is 2.74 bits per heavy atom. The maximum absolute atomic E-state index is 12.5. The number of nitrogens with one attached hydrogen (secondary N) is 1. The Morgan fingerprint density at radius 2 is 2.00 bits per heavy atom. The zero-order valence-corrected chi connectivity index (χ0v) is 18.1. The van der Waals surface area contributed by atoms with E-state index >= 15 is 0 Å². The van der Waals surface area contributed by atoms with E-state index in [0.717, 1.165) is 33.4 Å². The van der Waals surface area contributed by atoms with Crippen LogP contribution in [0.3, 0.4) is 0 Å². The van der Waals surface area contributed by atoms with Crippen molar-refractivity contribution in [2.75, 3.05) is 6.54 Å². The average Bonchev–Trinajstić information content (AvgIpc) is 3.41. The first-order valence-corrected chi connectivity index (χ1v) is 11.8. The predicted octanol–water partition coefficient (Wildman–Crippen LogP) is 5.65. The van der Waals surface area contributed by atoms with E-state index in [4.69, 9.17) is 0 Å². The molecule has 0 saturated carbocycles. The lowest BCUT2D eigenvalue weighted by molar-refractivity contribution is 0.0957. The second-order valence-corrected chi connectivity index (χ2v) is 9.98.